The van der Waals surface area contributed by atoms with Crippen LogP contribution in [0.5, 0.6) is 0 Å². The standard InChI is InChI=1S/C19H14F3NO4S2/c1-2-13(17(25)26)23-16(24)15(29-18(23)28)9-12-6-7-14(27-12)10-4-3-5-11(8-10)19(20,21)22/h3-9,13H,2H2,1H3,(H,25,26)/b15-9-/t13-/m0/s1. The van der Waals surface area contributed by atoms with Gasteiger partial charge in [-0.25, -0.2) is 4.79 Å². The fourth-order valence-corrected chi connectivity index (χ4v) is 4.12. The number of alkyl halides is 3. The van der Waals surface area contributed by atoms with Crippen molar-refractivity contribution in [2.45, 2.75) is 25.6 Å². The zero-order valence-electron chi connectivity index (χ0n) is 14.9. The first-order valence-corrected chi connectivity index (χ1v) is 9.61. The first-order chi connectivity index (χ1) is 13.6. The van der Waals surface area contributed by atoms with Crippen molar-refractivity contribution in [3.8, 4) is 11.3 Å². The molecule has 1 aliphatic rings. The molecular formula is C19H14F3NO4S2. The molecule has 2 heterocycles. The molecule has 152 valence electrons. The first kappa shape index (κ1) is 21.1. The number of nitrogens with zero attached hydrogens (tertiary/aromatic N) is 1. The highest BCUT2D eigenvalue weighted by Crippen LogP contribution is 2.36. The Morgan fingerprint density at radius 2 is 2.07 bits per heavy atom. The maximum absolute atomic E-state index is 12.9. The molecule has 0 unspecified atom stereocenters. The van der Waals surface area contributed by atoms with Crippen LogP contribution in [0.2, 0.25) is 0 Å². The molecule has 1 saturated heterocycles. The summed E-state index contributed by atoms with van der Waals surface area (Å²) in [5.41, 5.74) is -0.558. The number of rotatable bonds is 5. The Hall–Kier alpha value is -2.59. The van der Waals surface area contributed by atoms with E-state index in [9.17, 15) is 27.9 Å². The van der Waals surface area contributed by atoms with Crippen LogP contribution in [0.15, 0.2) is 45.7 Å². The van der Waals surface area contributed by atoms with Gasteiger partial charge >= 0.3 is 12.1 Å². The summed E-state index contributed by atoms with van der Waals surface area (Å²) in [7, 11) is 0. The molecule has 0 aliphatic carbocycles. The molecule has 1 amide bonds. The molecule has 1 N–H and O–H groups in total. The van der Waals surface area contributed by atoms with E-state index in [4.69, 9.17) is 16.6 Å². The summed E-state index contributed by atoms with van der Waals surface area (Å²) < 4.78 is 44.4. The zero-order valence-corrected chi connectivity index (χ0v) is 16.5. The molecule has 2 aromatic rings. The minimum atomic E-state index is -4.47. The number of carbonyl (C=O) groups is 2. The van der Waals surface area contributed by atoms with E-state index >= 15 is 0 Å². The van der Waals surface area contributed by atoms with E-state index in [1.807, 2.05) is 0 Å². The van der Waals surface area contributed by atoms with E-state index in [1.54, 1.807) is 6.92 Å². The van der Waals surface area contributed by atoms with Crippen molar-refractivity contribution in [1.29, 1.82) is 0 Å². The van der Waals surface area contributed by atoms with Gasteiger partial charge in [-0.15, -0.1) is 0 Å². The summed E-state index contributed by atoms with van der Waals surface area (Å²) in [6.07, 6.45) is -2.89. The predicted molar refractivity (Wildman–Crippen MR) is 106 cm³/mol. The molecule has 29 heavy (non-hydrogen) atoms. The Morgan fingerprint density at radius 3 is 2.69 bits per heavy atom. The largest absolute Gasteiger partial charge is 0.480 e. The van der Waals surface area contributed by atoms with Gasteiger partial charge in [0, 0.05) is 11.6 Å². The molecule has 5 nitrogen and oxygen atoms in total. The number of thiocarbonyl (C=S) groups is 1. The maximum Gasteiger partial charge on any atom is 0.416 e. The van der Waals surface area contributed by atoms with Crippen LogP contribution >= 0.6 is 24.0 Å². The van der Waals surface area contributed by atoms with Gasteiger partial charge in [0.05, 0.1) is 10.5 Å². The normalized spacial score (nSPS) is 17.2. The van der Waals surface area contributed by atoms with Crippen LogP contribution in [0.4, 0.5) is 13.2 Å². The number of carboxylic acids is 1. The van der Waals surface area contributed by atoms with Gasteiger partial charge in [-0.2, -0.15) is 13.2 Å². The highest BCUT2D eigenvalue weighted by molar-refractivity contribution is 8.26. The number of furan rings is 1. The lowest BCUT2D eigenvalue weighted by atomic mass is 10.1. The molecule has 1 aromatic carbocycles. The summed E-state index contributed by atoms with van der Waals surface area (Å²) in [6, 6.07) is 6.64. The van der Waals surface area contributed by atoms with E-state index in [0.717, 1.165) is 28.8 Å². The van der Waals surface area contributed by atoms with E-state index in [0.29, 0.717) is 0 Å². The number of carbonyl (C=O) groups excluding carboxylic acids is 1. The third kappa shape index (κ3) is 4.38. The van der Waals surface area contributed by atoms with Gasteiger partial charge < -0.3 is 9.52 Å². The summed E-state index contributed by atoms with van der Waals surface area (Å²) >= 11 is 6.08. The third-order valence-electron chi connectivity index (χ3n) is 4.18. The Morgan fingerprint density at radius 1 is 1.34 bits per heavy atom. The summed E-state index contributed by atoms with van der Waals surface area (Å²) in [5, 5.41) is 9.27. The van der Waals surface area contributed by atoms with Crippen molar-refractivity contribution < 1.29 is 32.3 Å². The number of halogens is 3. The highest BCUT2D eigenvalue weighted by Gasteiger charge is 2.39. The van der Waals surface area contributed by atoms with Crippen LogP contribution in [-0.4, -0.2) is 32.2 Å². The second kappa shape index (κ2) is 8.03. The fourth-order valence-electron chi connectivity index (χ4n) is 2.78. The monoisotopic (exact) mass is 441 g/mol. The molecule has 1 aromatic heterocycles. The van der Waals surface area contributed by atoms with Crippen LogP contribution in [0, 0.1) is 0 Å². The summed E-state index contributed by atoms with van der Waals surface area (Å²) in [5.74, 6) is -1.27. The number of aliphatic carboxylic acids is 1. The van der Waals surface area contributed by atoms with Crippen molar-refractivity contribution in [2.24, 2.45) is 0 Å². The van der Waals surface area contributed by atoms with E-state index < -0.39 is 29.7 Å². The second-order valence-corrected chi connectivity index (χ2v) is 7.77. The summed E-state index contributed by atoms with van der Waals surface area (Å²) in [4.78, 5) is 25.2. The van der Waals surface area contributed by atoms with Crippen LogP contribution in [-0.2, 0) is 15.8 Å². The molecule has 0 bridgehead atoms. The van der Waals surface area contributed by atoms with Crippen molar-refractivity contribution in [2.75, 3.05) is 0 Å². The van der Waals surface area contributed by atoms with Gasteiger partial charge in [0.25, 0.3) is 5.91 Å². The molecule has 10 heteroatoms. The number of amides is 1. The average Bonchev–Trinajstić information content (AvgIpc) is 3.22. The van der Waals surface area contributed by atoms with E-state index in [2.05, 4.69) is 0 Å². The Labute approximate surface area is 173 Å². The Balaban J connectivity index is 1.87. The van der Waals surface area contributed by atoms with Crippen molar-refractivity contribution >= 4 is 46.3 Å². The van der Waals surface area contributed by atoms with Gasteiger partial charge in [0.1, 0.15) is 21.9 Å². The van der Waals surface area contributed by atoms with Gasteiger partial charge in [-0.1, -0.05) is 43.0 Å². The van der Waals surface area contributed by atoms with E-state index in [1.165, 1.54) is 30.3 Å². The quantitative estimate of drug-likeness (QED) is 0.518. The minimum absolute atomic E-state index is 0.125. The summed E-state index contributed by atoms with van der Waals surface area (Å²) in [6.45, 7) is 1.63. The lowest BCUT2D eigenvalue weighted by molar-refractivity contribution is -0.145. The van der Waals surface area contributed by atoms with Crippen molar-refractivity contribution in [1.82, 2.24) is 4.90 Å². The predicted octanol–water partition coefficient (Wildman–Crippen LogP) is 5.03. The highest BCUT2D eigenvalue weighted by atomic mass is 32.2. The second-order valence-electron chi connectivity index (χ2n) is 6.09. The van der Waals surface area contributed by atoms with Crippen LogP contribution < -0.4 is 0 Å². The van der Waals surface area contributed by atoms with Crippen molar-refractivity contribution in [3.63, 3.8) is 0 Å². The van der Waals surface area contributed by atoms with Gasteiger partial charge in [0.15, 0.2) is 0 Å². The molecule has 0 radical (unpaired) electrons. The molecule has 0 spiro atoms. The van der Waals surface area contributed by atoms with Crippen LogP contribution in [0.3, 0.4) is 0 Å². The molecule has 1 aliphatic heterocycles. The molecule has 1 atom stereocenters. The molecule has 1 fully saturated rings. The smallest absolute Gasteiger partial charge is 0.416 e. The van der Waals surface area contributed by atoms with Crippen LogP contribution in [0.1, 0.15) is 24.7 Å². The Bertz CT molecular complexity index is 1010. The van der Waals surface area contributed by atoms with Crippen LogP contribution in [0.25, 0.3) is 17.4 Å². The fraction of sp³-hybridized carbons (Fsp3) is 0.211. The average molecular weight is 441 g/mol. The van der Waals surface area contributed by atoms with Gasteiger partial charge in [-0.05, 0) is 30.7 Å². The minimum Gasteiger partial charge on any atom is -0.480 e. The van der Waals surface area contributed by atoms with Gasteiger partial charge in [-0.3, -0.25) is 9.69 Å². The maximum atomic E-state index is 12.9. The number of hydrogen-bond acceptors (Lipinski definition) is 5. The molecule has 0 saturated carbocycles. The number of benzene rings is 1. The lowest BCUT2D eigenvalue weighted by Crippen LogP contribution is -2.43. The Kier molecular flexibility index (Phi) is 5.85. The number of hydrogen-bond donors (Lipinski definition) is 1. The lowest BCUT2D eigenvalue weighted by Gasteiger charge is -2.21. The van der Waals surface area contributed by atoms with Gasteiger partial charge in [0.2, 0.25) is 0 Å². The topological polar surface area (TPSA) is 70.8 Å². The zero-order chi connectivity index (χ0) is 21.3. The molecular weight excluding hydrogens is 427 g/mol. The molecule has 3 rings (SSSR count). The number of carboxylic acid groups (broad SMARTS) is 1. The van der Waals surface area contributed by atoms with E-state index in [-0.39, 0.29) is 32.7 Å². The van der Waals surface area contributed by atoms with Crippen molar-refractivity contribution in [3.05, 3.63) is 52.6 Å². The first-order valence-electron chi connectivity index (χ1n) is 8.39. The third-order valence-corrected chi connectivity index (χ3v) is 5.51. The number of thioether (sulfide) groups is 1. The SMILES string of the molecule is CC[C@@H](C(=O)O)N1C(=O)/C(=C/c2ccc(-c3cccc(C(F)(F)F)c3)o2)SC1=S.